The number of aromatic nitrogens is 3. The number of amides is 1. The first-order valence-corrected chi connectivity index (χ1v) is 8.48. The summed E-state index contributed by atoms with van der Waals surface area (Å²) in [5, 5.41) is 11.1. The molecule has 0 bridgehead atoms. The summed E-state index contributed by atoms with van der Waals surface area (Å²) in [7, 11) is 0. The third-order valence-electron chi connectivity index (χ3n) is 3.40. The highest BCUT2D eigenvalue weighted by atomic mass is 79.9. The lowest BCUT2D eigenvalue weighted by Gasteiger charge is -2.07. The molecule has 2 aromatic rings. The number of rotatable bonds is 5. The first kappa shape index (κ1) is 15.4. The van der Waals surface area contributed by atoms with Crippen molar-refractivity contribution in [1.82, 2.24) is 20.3 Å². The van der Waals surface area contributed by atoms with Crippen molar-refractivity contribution in [3.05, 3.63) is 51.2 Å². The molecule has 114 valence electrons. The van der Waals surface area contributed by atoms with E-state index in [0.717, 1.165) is 28.7 Å². The second kappa shape index (κ2) is 6.34. The highest BCUT2D eigenvalue weighted by Crippen LogP contribution is 2.42. The first-order chi connectivity index (χ1) is 10.6. The molecule has 0 saturated heterocycles. The largest absolute Gasteiger partial charge is 0.346 e. The van der Waals surface area contributed by atoms with Crippen LogP contribution in [0.1, 0.15) is 34.9 Å². The van der Waals surface area contributed by atoms with Crippen LogP contribution in [0.3, 0.4) is 0 Å². The maximum Gasteiger partial charge on any atom is 0.274 e. The van der Waals surface area contributed by atoms with Gasteiger partial charge >= 0.3 is 0 Å². The van der Waals surface area contributed by atoms with Crippen molar-refractivity contribution in [2.45, 2.75) is 18.8 Å². The minimum Gasteiger partial charge on any atom is -0.346 e. The van der Waals surface area contributed by atoms with Gasteiger partial charge in [0.15, 0.2) is 5.69 Å². The molecule has 0 radical (unpaired) electrons. The summed E-state index contributed by atoms with van der Waals surface area (Å²) in [6, 6.07) is 7.80. The fourth-order valence-corrected chi connectivity index (χ4v) is 2.61. The number of nitrogens with one attached hydrogen (secondary N) is 1. The molecular weight excluding hydrogens is 412 g/mol. The number of carbonyl (C=O) groups is 1. The Kier molecular flexibility index (Phi) is 4.44. The molecule has 5 nitrogen and oxygen atoms in total. The average molecular weight is 426 g/mol. The van der Waals surface area contributed by atoms with Crippen LogP contribution in [0.25, 0.3) is 5.69 Å². The van der Waals surface area contributed by atoms with Crippen molar-refractivity contribution >= 4 is 37.8 Å². The van der Waals surface area contributed by atoms with Gasteiger partial charge in [0.25, 0.3) is 5.91 Å². The standard InChI is InChI=1S/C15H14Br2N4O/c1-9(16)8-18-15(22)13-14(10-2-3-10)21(20-19-13)12-6-4-11(17)5-7-12/h4-7,10H,1-3,8H2,(H,18,22). The Morgan fingerprint density at radius 2 is 2.05 bits per heavy atom. The van der Waals surface area contributed by atoms with Crippen LogP contribution in [-0.4, -0.2) is 27.4 Å². The number of halogens is 2. The lowest BCUT2D eigenvalue weighted by Crippen LogP contribution is -2.26. The van der Waals surface area contributed by atoms with E-state index in [2.05, 4.69) is 54.1 Å². The summed E-state index contributed by atoms with van der Waals surface area (Å²) >= 11 is 6.65. The molecule has 0 unspecified atom stereocenters. The molecule has 1 aliphatic rings. The van der Waals surface area contributed by atoms with E-state index >= 15 is 0 Å². The van der Waals surface area contributed by atoms with Gasteiger partial charge in [-0.3, -0.25) is 4.79 Å². The second-order valence-corrected chi connectivity index (χ2v) is 7.22. The Morgan fingerprint density at radius 1 is 1.36 bits per heavy atom. The third kappa shape index (κ3) is 3.30. The van der Waals surface area contributed by atoms with Crippen molar-refractivity contribution in [2.75, 3.05) is 6.54 Å². The summed E-state index contributed by atoms with van der Waals surface area (Å²) in [6.45, 7) is 4.08. The molecule has 1 N–H and O–H groups in total. The van der Waals surface area contributed by atoms with Crippen molar-refractivity contribution in [3.63, 3.8) is 0 Å². The Morgan fingerprint density at radius 3 is 2.64 bits per heavy atom. The van der Waals surface area contributed by atoms with Crippen LogP contribution >= 0.6 is 31.9 Å². The second-order valence-electron chi connectivity index (χ2n) is 5.19. The van der Waals surface area contributed by atoms with Crippen LogP contribution in [0.5, 0.6) is 0 Å². The van der Waals surface area contributed by atoms with Crippen LogP contribution in [0, 0.1) is 0 Å². The molecule has 0 aliphatic heterocycles. The Hall–Kier alpha value is -1.47. The maximum absolute atomic E-state index is 12.3. The normalized spacial score (nSPS) is 13.9. The van der Waals surface area contributed by atoms with E-state index in [9.17, 15) is 4.79 Å². The number of hydrogen-bond acceptors (Lipinski definition) is 3. The van der Waals surface area contributed by atoms with Gasteiger partial charge in [-0.1, -0.05) is 43.7 Å². The average Bonchev–Trinajstić information content (AvgIpc) is 3.24. The molecular formula is C15H14Br2N4O. The van der Waals surface area contributed by atoms with E-state index in [0.29, 0.717) is 22.6 Å². The van der Waals surface area contributed by atoms with Crippen molar-refractivity contribution < 1.29 is 4.79 Å². The molecule has 1 fully saturated rings. The lowest BCUT2D eigenvalue weighted by molar-refractivity contribution is 0.0951. The van der Waals surface area contributed by atoms with Gasteiger partial charge < -0.3 is 5.32 Å². The molecule has 1 aromatic carbocycles. The molecule has 1 aromatic heterocycles. The van der Waals surface area contributed by atoms with Gasteiger partial charge in [0.05, 0.1) is 11.4 Å². The summed E-state index contributed by atoms with van der Waals surface area (Å²) < 4.78 is 3.48. The maximum atomic E-state index is 12.3. The lowest BCUT2D eigenvalue weighted by atomic mass is 10.2. The Balaban J connectivity index is 1.94. The fourth-order valence-electron chi connectivity index (χ4n) is 2.21. The zero-order valence-electron chi connectivity index (χ0n) is 11.7. The number of nitrogens with zero attached hydrogens (tertiary/aromatic N) is 3. The molecule has 0 atom stereocenters. The van der Waals surface area contributed by atoms with Gasteiger partial charge in [-0.15, -0.1) is 5.10 Å². The Labute approximate surface area is 145 Å². The molecule has 3 rings (SSSR count). The summed E-state index contributed by atoms with van der Waals surface area (Å²) in [5.74, 6) is 0.137. The summed E-state index contributed by atoms with van der Waals surface area (Å²) in [6.07, 6.45) is 2.13. The molecule has 1 aliphatic carbocycles. The predicted octanol–water partition coefficient (Wildman–Crippen LogP) is 3.55. The van der Waals surface area contributed by atoms with Gasteiger partial charge in [0, 0.05) is 21.4 Å². The molecule has 0 spiro atoms. The number of benzene rings is 1. The van der Waals surface area contributed by atoms with E-state index < -0.39 is 0 Å². The monoisotopic (exact) mass is 424 g/mol. The molecule has 22 heavy (non-hydrogen) atoms. The predicted molar refractivity (Wildman–Crippen MR) is 91.4 cm³/mol. The highest BCUT2D eigenvalue weighted by molar-refractivity contribution is 9.11. The van der Waals surface area contributed by atoms with E-state index in [-0.39, 0.29) is 5.91 Å². The van der Waals surface area contributed by atoms with E-state index in [1.165, 1.54) is 0 Å². The Bertz CT molecular complexity index is 720. The minimum atomic E-state index is -0.217. The number of carbonyl (C=O) groups excluding carboxylic acids is 1. The van der Waals surface area contributed by atoms with Crippen LogP contribution < -0.4 is 5.32 Å². The SMILES string of the molecule is C=C(Br)CNC(=O)c1nnn(-c2ccc(Br)cc2)c1C1CC1. The summed E-state index contributed by atoms with van der Waals surface area (Å²) in [4.78, 5) is 12.3. The van der Waals surface area contributed by atoms with Crippen LogP contribution in [0.15, 0.2) is 39.8 Å². The zero-order chi connectivity index (χ0) is 15.7. The number of hydrogen-bond donors (Lipinski definition) is 1. The van der Waals surface area contributed by atoms with Crippen LogP contribution in [-0.2, 0) is 0 Å². The minimum absolute atomic E-state index is 0.217. The zero-order valence-corrected chi connectivity index (χ0v) is 14.9. The molecule has 1 saturated carbocycles. The molecule has 1 heterocycles. The van der Waals surface area contributed by atoms with Crippen molar-refractivity contribution in [3.8, 4) is 5.69 Å². The quantitative estimate of drug-likeness (QED) is 0.796. The van der Waals surface area contributed by atoms with Gasteiger partial charge in [-0.05, 0) is 37.1 Å². The van der Waals surface area contributed by atoms with Gasteiger partial charge in [0.1, 0.15) is 0 Å². The smallest absolute Gasteiger partial charge is 0.274 e. The van der Waals surface area contributed by atoms with E-state index in [1.807, 2.05) is 24.3 Å². The third-order valence-corrected chi connectivity index (χ3v) is 4.21. The van der Waals surface area contributed by atoms with Gasteiger partial charge in [-0.25, -0.2) is 4.68 Å². The van der Waals surface area contributed by atoms with Crippen molar-refractivity contribution in [2.24, 2.45) is 0 Å². The first-order valence-electron chi connectivity index (χ1n) is 6.89. The van der Waals surface area contributed by atoms with Crippen LogP contribution in [0.2, 0.25) is 0 Å². The summed E-state index contributed by atoms with van der Waals surface area (Å²) in [5.41, 5.74) is 2.20. The molecule has 7 heteroatoms. The van der Waals surface area contributed by atoms with Crippen LogP contribution in [0.4, 0.5) is 0 Å². The molecule has 1 amide bonds. The van der Waals surface area contributed by atoms with Crippen molar-refractivity contribution in [1.29, 1.82) is 0 Å². The highest BCUT2D eigenvalue weighted by Gasteiger charge is 2.34. The van der Waals surface area contributed by atoms with E-state index in [1.54, 1.807) is 4.68 Å². The topological polar surface area (TPSA) is 59.8 Å². The fraction of sp³-hybridized carbons (Fsp3) is 0.267. The van der Waals surface area contributed by atoms with Gasteiger partial charge in [-0.2, -0.15) is 0 Å². The van der Waals surface area contributed by atoms with E-state index in [4.69, 9.17) is 0 Å². The van der Waals surface area contributed by atoms with Gasteiger partial charge in [0.2, 0.25) is 0 Å².